The van der Waals surface area contributed by atoms with Crippen molar-refractivity contribution in [2.45, 2.75) is 20.4 Å². The lowest BCUT2D eigenvalue weighted by atomic mass is 10.1. The molecule has 5 heteroatoms. The van der Waals surface area contributed by atoms with Gasteiger partial charge in [0.1, 0.15) is 10.8 Å². The van der Waals surface area contributed by atoms with Crippen LogP contribution in [0.1, 0.15) is 22.4 Å². The van der Waals surface area contributed by atoms with Gasteiger partial charge in [0.15, 0.2) is 0 Å². The summed E-state index contributed by atoms with van der Waals surface area (Å²) in [4.78, 5) is 0.373. The fourth-order valence-electron chi connectivity index (χ4n) is 2.16. The monoisotopic (exact) mass is 274 g/mol. The van der Waals surface area contributed by atoms with Gasteiger partial charge in [0.05, 0.1) is 11.3 Å². The van der Waals surface area contributed by atoms with Gasteiger partial charge in [-0.3, -0.25) is 4.68 Å². The third-order valence-electron chi connectivity index (χ3n) is 3.01. The topological polar surface area (TPSA) is 55.9 Å². The minimum atomic E-state index is 0.373. The average Bonchev–Trinajstić information content (AvgIpc) is 2.61. The maximum absolute atomic E-state index is 5.76. The maximum Gasteiger partial charge on any atom is 0.134 e. The maximum atomic E-state index is 5.76. The lowest BCUT2D eigenvalue weighted by Crippen LogP contribution is -2.14. The molecule has 1 aromatic heterocycles. The summed E-state index contributed by atoms with van der Waals surface area (Å²) < 4.78 is 1.78. The summed E-state index contributed by atoms with van der Waals surface area (Å²) in [5.74, 6) is 0.867. The van der Waals surface area contributed by atoms with Gasteiger partial charge in [-0.25, -0.2) is 0 Å². The van der Waals surface area contributed by atoms with Gasteiger partial charge in [-0.15, -0.1) is 0 Å². The van der Waals surface area contributed by atoms with E-state index < -0.39 is 0 Å². The van der Waals surface area contributed by atoms with E-state index in [9.17, 15) is 0 Å². The second-order valence-electron chi connectivity index (χ2n) is 4.64. The molecule has 2 aromatic rings. The van der Waals surface area contributed by atoms with Crippen LogP contribution in [0, 0.1) is 13.8 Å². The molecule has 0 atom stereocenters. The van der Waals surface area contributed by atoms with Crippen LogP contribution >= 0.6 is 12.2 Å². The predicted octanol–water partition coefficient (Wildman–Crippen LogP) is 2.28. The number of nitrogens with zero attached hydrogens (tertiary/aromatic N) is 2. The van der Waals surface area contributed by atoms with Gasteiger partial charge in [0.25, 0.3) is 0 Å². The number of aryl methyl sites for hydroxylation is 3. The summed E-state index contributed by atoms with van der Waals surface area (Å²) in [6.45, 7) is 4.71. The normalized spacial score (nSPS) is 10.5. The minimum Gasteiger partial charge on any atom is -0.389 e. The number of nitrogens with two attached hydrogens (primary N) is 1. The lowest BCUT2D eigenvalue weighted by Gasteiger charge is -2.09. The van der Waals surface area contributed by atoms with Gasteiger partial charge in [-0.05, 0) is 19.4 Å². The van der Waals surface area contributed by atoms with Crippen molar-refractivity contribution < 1.29 is 0 Å². The SMILES string of the molecule is Cc1cccc(CNc2c(C(N)=S)c(C)nn2C)c1. The minimum absolute atomic E-state index is 0.373. The molecule has 0 fully saturated rings. The second kappa shape index (κ2) is 5.40. The van der Waals surface area contributed by atoms with E-state index in [2.05, 4.69) is 41.6 Å². The van der Waals surface area contributed by atoms with Gasteiger partial charge >= 0.3 is 0 Å². The molecule has 0 unspecified atom stereocenters. The Morgan fingerprint density at radius 2 is 2.16 bits per heavy atom. The largest absolute Gasteiger partial charge is 0.389 e. The van der Waals surface area contributed by atoms with Gasteiger partial charge in [0.2, 0.25) is 0 Å². The van der Waals surface area contributed by atoms with Gasteiger partial charge in [0, 0.05) is 13.6 Å². The van der Waals surface area contributed by atoms with Crippen LogP contribution in [0.3, 0.4) is 0 Å². The van der Waals surface area contributed by atoms with E-state index in [1.54, 1.807) is 4.68 Å². The number of anilines is 1. The summed E-state index contributed by atoms with van der Waals surface area (Å²) >= 11 is 5.09. The third kappa shape index (κ3) is 2.93. The molecular weight excluding hydrogens is 256 g/mol. The Bertz CT molecular complexity index is 616. The Morgan fingerprint density at radius 1 is 1.42 bits per heavy atom. The first-order valence-corrected chi connectivity index (χ1v) is 6.52. The van der Waals surface area contributed by atoms with Crippen molar-refractivity contribution in [3.05, 3.63) is 46.6 Å². The number of benzene rings is 1. The van der Waals surface area contributed by atoms with Crippen molar-refractivity contribution in [1.29, 1.82) is 0 Å². The second-order valence-corrected chi connectivity index (χ2v) is 5.08. The highest BCUT2D eigenvalue weighted by Gasteiger charge is 2.14. The summed E-state index contributed by atoms with van der Waals surface area (Å²) in [6, 6.07) is 8.37. The zero-order chi connectivity index (χ0) is 14.0. The molecule has 0 aliphatic rings. The summed E-state index contributed by atoms with van der Waals surface area (Å²) in [6.07, 6.45) is 0. The molecule has 4 nitrogen and oxygen atoms in total. The fraction of sp³-hybridized carbons (Fsp3) is 0.286. The van der Waals surface area contributed by atoms with Crippen molar-refractivity contribution in [2.24, 2.45) is 12.8 Å². The van der Waals surface area contributed by atoms with E-state index in [1.165, 1.54) is 11.1 Å². The lowest BCUT2D eigenvalue weighted by molar-refractivity contribution is 0.758. The van der Waals surface area contributed by atoms with E-state index in [0.29, 0.717) is 4.99 Å². The van der Waals surface area contributed by atoms with E-state index in [1.807, 2.05) is 14.0 Å². The molecule has 0 saturated carbocycles. The first-order valence-electron chi connectivity index (χ1n) is 6.12. The third-order valence-corrected chi connectivity index (χ3v) is 3.22. The molecule has 19 heavy (non-hydrogen) atoms. The van der Waals surface area contributed by atoms with E-state index >= 15 is 0 Å². The van der Waals surface area contributed by atoms with Crippen molar-refractivity contribution >= 4 is 23.0 Å². The Hall–Kier alpha value is -1.88. The van der Waals surface area contributed by atoms with Crippen LogP contribution in [0.5, 0.6) is 0 Å². The Labute approximate surface area is 118 Å². The Kier molecular flexibility index (Phi) is 3.85. The average molecular weight is 274 g/mol. The standard InChI is InChI=1S/C14H18N4S/c1-9-5-4-6-11(7-9)8-16-14-12(13(15)19)10(2)17-18(14)3/h4-7,16H,8H2,1-3H3,(H2,15,19). The number of aromatic nitrogens is 2. The number of hydrogen-bond donors (Lipinski definition) is 2. The molecule has 0 radical (unpaired) electrons. The van der Waals surface area contributed by atoms with Crippen LogP contribution in [0.4, 0.5) is 5.82 Å². The van der Waals surface area contributed by atoms with Crippen LogP contribution in [0.15, 0.2) is 24.3 Å². The first kappa shape index (κ1) is 13.5. The summed E-state index contributed by atoms with van der Waals surface area (Å²) in [5.41, 5.74) is 9.89. The highest BCUT2D eigenvalue weighted by Crippen LogP contribution is 2.19. The molecule has 0 aliphatic carbocycles. The smallest absolute Gasteiger partial charge is 0.134 e. The summed E-state index contributed by atoms with van der Waals surface area (Å²) in [5, 5.41) is 7.71. The quantitative estimate of drug-likeness (QED) is 0.840. The Morgan fingerprint density at radius 3 is 2.79 bits per heavy atom. The van der Waals surface area contributed by atoms with Crippen molar-refractivity contribution in [3.63, 3.8) is 0 Å². The first-order chi connectivity index (χ1) is 8.99. The molecule has 0 amide bonds. The number of nitrogens with one attached hydrogen (secondary N) is 1. The number of hydrogen-bond acceptors (Lipinski definition) is 3. The van der Waals surface area contributed by atoms with E-state index in [0.717, 1.165) is 23.6 Å². The van der Waals surface area contributed by atoms with Crippen LogP contribution < -0.4 is 11.1 Å². The predicted molar refractivity (Wildman–Crippen MR) is 82.3 cm³/mol. The highest BCUT2D eigenvalue weighted by molar-refractivity contribution is 7.80. The van der Waals surface area contributed by atoms with Gasteiger partial charge in [-0.1, -0.05) is 42.0 Å². The fourth-order valence-corrected chi connectivity index (χ4v) is 2.41. The molecule has 2 rings (SSSR count). The van der Waals surface area contributed by atoms with Crippen molar-refractivity contribution in [2.75, 3.05) is 5.32 Å². The molecule has 100 valence electrons. The zero-order valence-corrected chi connectivity index (χ0v) is 12.2. The molecule has 3 N–H and O–H groups in total. The van der Waals surface area contributed by atoms with E-state index in [4.69, 9.17) is 18.0 Å². The Balaban J connectivity index is 2.22. The van der Waals surface area contributed by atoms with E-state index in [-0.39, 0.29) is 0 Å². The molecule has 0 aliphatic heterocycles. The number of rotatable bonds is 4. The zero-order valence-electron chi connectivity index (χ0n) is 11.4. The molecular formula is C14H18N4S. The van der Waals surface area contributed by atoms with Gasteiger partial charge in [-0.2, -0.15) is 5.10 Å². The molecule has 0 saturated heterocycles. The van der Waals surface area contributed by atoms with Crippen LogP contribution in [0.25, 0.3) is 0 Å². The molecule has 0 bridgehead atoms. The van der Waals surface area contributed by atoms with Crippen molar-refractivity contribution in [3.8, 4) is 0 Å². The molecule has 1 heterocycles. The molecule has 0 spiro atoms. The molecule has 1 aromatic carbocycles. The van der Waals surface area contributed by atoms with Crippen LogP contribution in [-0.4, -0.2) is 14.8 Å². The van der Waals surface area contributed by atoms with Crippen LogP contribution in [0.2, 0.25) is 0 Å². The van der Waals surface area contributed by atoms with Crippen LogP contribution in [-0.2, 0) is 13.6 Å². The number of thiocarbonyl (C=S) groups is 1. The van der Waals surface area contributed by atoms with Crippen molar-refractivity contribution in [1.82, 2.24) is 9.78 Å². The highest BCUT2D eigenvalue weighted by atomic mass is 32.1. The van der Waals surface area contributed by atoms with Gasteiger partial charge < -0.3 is 11.1 Å². The summed E-state index contributed by atoms with van der Waals surface area (Å²) in [7, 11) is 1.88.